The van der Waals surface area contributed by atoms with Gasteiger partial charge in [0.25, 0.3) is 5.91 Å². The van der Waals surface area contributed by atoms with Crippen LogP contribution < -0.4 is 5.32 Å². The van der Waals surface area contributed by atoms with Crippen LogP contribution in [0.2, 0.25) is 0 Å². The van der Waals surface area contributed by atoms with Gasteiger partial charge in [-0.3, -0.25) is 4.79 Å². The van der Waals surface area contributed by atoms with Gasteiger partial charge in [0.15, 0.2) is 5.60 Å². The number of hydrogen-bond acceptors (Lipinski definition) is 4. The van der Waals surface area contributed by atoms with E-state index in [4.69, 9.17) is 0 Å². The number of carbonyl (C=O) groups excluding carboxylic acids is 1. The van der Waals surface area contributed by atoms with Gasteiger partial charge in [-0.25, -0.2) is 4.98 Å². The van der Waals surface area contributed by atoms with Crippen molar-refractivity contribution in [2.75, 3.05) is 19.6 Å². The van der Waals surface area contributed by atoms with Crippen molar-refractivity contribution in [1.29, 1.82) is 0 Å². The van der Waals surface area contributed by atoms with E-state index in [-0.39, 0.29) is 12.5 Å². The lowest BCUT2D eigenvalue weighted by Crippen LogP contribution is -2.58. The topological polar surface area (TPSA) is 69.9 Å². The normalized spacial score (nSPS) is 19.8. The van der Waals surface area contributed by atoms with Gasteiger partial charge in [-0.1, -0.05) is 36.4 Å². The van der Waals surface area contributed by atoms with Crippen molar-refractivity contribution in [2.45, 2.75) is 37.8 Å². The standard InChI is InChI=1S/C23H28N4O2/c28-22-23(29,18-24-16-20-17-25-21-11-4-5-15-27(20)21)12-7-14-26(22)13-6-10-19-8-2-1-3-9-19/h1-5,8-9,11,15,17,24,29H,6-7,10,12-14,16,18H2. The molecule has 1 aliphatic rings. The molecule has 1 unspecified atom stereocenters. The first kappa shape index (κ1) is 19.6. The fraction of sp³-hybridized carbons (Fsp3) is 0.391. The van der Waals surface area contributed by atoms with Crippen LogP contribution in [0.5, 0.6) is 0 Å². The van der Waals surface area contributed by atoms with Crippen LogP contribution in [0.1, 0.15) is 30.5 Å². The summed E-state index contributed by atoms with van der Waals surface area (Å²) in [4.78, 5) is 19.1. The summed E-state index contributed by atoms with van der Waals surface area (Å²) in [5.74, 6) is -0.151. The number of piperidine rings is 1. The van der Waals surface area contributed by atoms with Gasteiger partial charge in [0.05, 0.1) is 11.9 Å². The summed E-state index contributed by atoms with van der Waals surface area (Å²) in [7, 11) is 0. The minimum atomic E-state index is -1.33. The largest absolute Gasteiger partial charge is 0.379 e. The van der Waals surface area contributed by atoms with Crippen LogP contribution in [-0.4, -0.2) is 50.5 Å². The van der Waals surface area contributed by atoms with E-state index in [9.17, 15) is 9.90 Å². The number of aromatic nitrogens is 2. The van der Waals surface area contributed by atoms with Crippen LogP contribution in [0.15, 0.2) is 60.9 Å². The highest BCUT2D eigenvalue weighted by molar-refractivity contribution is 5.86. The molecular weight excluding hydrogens is 364 g/mol. The van der Waals surface area contributed by atoms with E-state index in [0.717, 1.165) is 37.1 Å². The molecular formula is C23H28N4O2. The number of rotatable bonds is 8. The molecule has 6 heteroatoms. The lowest BCUT2D eigenvalue weighted by atomic mass is 9.91. The summed E-state index contributed by atoms with van der Waals surface area (Å²) in [5, 5.41) is 14.3. The summed E-state index contributed by atoms with van der Waals surface area (Å²) in [6.45, 7) is 2.21. The fourth-order valence-electron chi connectivity index (χ4n) is 4.07. The number of benzene rings is 1. The number of aliphatic hydroxyl groups is 1. The maximum Gasteiger partial charge on any atom is 0.255 e. The summed E-state index contributed by atoms with van der Waals surface area (Å²) in [5.41, 5.74) is 1.85. The van der Waals surface area contributed by atoms with Gasteiger partial charge in [-0.15, -0.1) is 0 Å². The molecule has 6 nitrogen and oxygen atoms in total. The average molecular weight is 393 g/mol. The van der Waals surface area contributed by atoms with Gasteiger partial charge in [0.2, 0.25) is 0 Å². The van der Waals surface area contributed by atoms with E-state index in [2.05, 4.69) is 22.4 Å². The van der Waals surface area contributed by atoms with Gasteiger partial charge in [-0.05, 0) is 43.4 Å². The van der Waals surface area contributed by atoms with Crippen LogP contribution in [0.4, 0.5) is 0 Å². The van der Waals surface area contributed by atoms with Crippen LogP contribution in [0.3, 0.4) is 0 Å². The number of hydrogen-bond donors (Lipinski definition) is 2. The molecule has 152 valence electrons. The minimum absolute atomic E-state index is 0.151. The Bertz CT molecular complexity index is 956. The van der Waals surface area contributed by atoms with Crippen molar-refractivity contribution >= 4 is 11.6 Å². The summed E-state index contributed by atoms with van der Waals surface area (Å²) in [6.07, 6.45) is 6.96. The third-order valence-corrected chi connectivity index (χ3v) is 5.66. The monoisotopic (exact) mass is 392 g/mol. The highest BCUT2D eigenvalue weighted by Crippen LogP contribution is 2.23. The number of likely N-dealkylation sites (tertiary alicyclic amines) is 1. The molecule has 1 aliphatic heterocycles. The zero-order valence-electron chi connectivity index (χ0n) is 16.6. The summed E-state index contributed by atoms with van der Waals surface area (Å²) in [6, 6.07) is 16.2. The first-order valence-corrected chi connectivity index (χ1v) is 10.3. The van der Waals surface area contributed by atoms with E-state index in [0.29, 0.717) is 19.5 Å². The Kier molecular flexibility index (Phi) is 5.92. The Hall–Kier alpha value is -2.70. The number of imidazole rings is 1. The fourth-order valence-corrected chi connectivity index (χ4v) is 4.07. The van der Waals surface area contributed by atoms with Crippen LogP contribution in [0.25, 0.3) is 5.65 Å². The predicted molar refractivity (Wildman–Crippen MR) is 112 cm³/mol. The number of carbonyl (C=O) groups is 1. The van der Waals surface area contributed by atoms with Crippen LogP contribution in [0, 0.1) is 0 Å². The third-order valence-electron chi connectivity index (χ3n) is 5.66. The second-order valence-electron chi connectivity index (χ2n) is 7.80. The number of pyridine rings is 1. The van der Waals surface area contributed by atoms with Crippen LogP contribution in [-0.2, 0) is 17.8 Å². The van der Waals surface area contributed by atoms with E-state index in [1.54, 1.807) is 0 Å². The van der Waals surface area contributed by atoms with E-state index >= 15 is 0 Å². The molecule has 3 heterocycles. The van der Waals surface area contributed by atoms with Gasteiger partial charge in [0.1, 0.15) is 5.65 Å². The van der Waals surface area contributed by atoms with Gasteiger partial charge in [-0.2, -0.15) is 0 Å². The molecule has 0 bridgehead atoms. The van der Waals surface area contributed by atoms with Gasteiger partial charge in [0, 0.05) is 32.4 Å². The van der Waals surface area contributed by atoms with Crippen LogP contribution >= 0.6 is 0 Å². The maximum absolute atomic E-state index is 12.9. The Labute approximate surface area is 171 Å². The van der Waals surface area contributed by atoms with Crippen molar-refractivity contribution in [3.05, 3.63) is 72.2 Å². The van der Waals surface area contributed by atoms with E-state index in [1.165, 1.54) is 5.56 Å². The molecule has 1 fully saturated rings. The molecule has 1 saturated heterocycles. The highest BCUT2D eigenvalue weighted by atomic mass is 16.3. The third kappa shape index (κ3) is 4.49. The Morgan fingerprint density at radius 3 is 2.83 bits per heavy atom. The average Bonchev–Trinajstić information content (AvgIpc) is 3.15. The number of fused-ring (bicyclic) bond motifs is 1. The number of nitrogens with one attached hydrogen (secondary N) is 1. The Balaban J connectivity index is 1.30. The Morgan fingerprint density at radius 2 is 1.97 bits per heavy atom. The molecule has 2 aromatic heterocycles. The molecule has 1 aromatic carbocycles. The van der Waals surface area contributed by atoms with Crippen molar-refractivity contribution in [2.24, 2.45) is 0 Å². The number of amides is 1. The molecule has 0 spiro atoms. The van der Waals surface area contributed by atoms with Gasteiger partial charge < -0.3 is 19.7 Å². The molecule has 3 aromatic rings. The second kappa shape index (κ2) is 8.76. The zero-order chi connectivity index (χ0) is 20.1. The van der Waals surface area contributed by atoms with E-state index < -0.39 is 5.60 Å². The van der Waals surface area contributed by atoms with Crippen molar-refractivity contribution in [1.82, 2.24) is 19.6 Å². The molecule has 0 aliphatic carbocycles. The highest BCUT2D eigenvalue weighted by Gasteiger charge is 2.41. The molecule has 0 saturated carbocycles. The molecule has 29 heavy (non-hydrogen) atoms. The smallest absolute Gasteiger partial charge is 0.255 e. The quantitative estimate of drug-likeness (QED) is 0.618. The number of aryl methyl sites for hydroxylation is 1. The summed E-state index contributed by atoms with van der Waals surface area (Å²) < 4.78 is 2.01. The second-order valence-corrected chi connectivity index (χ2v) is 7.80. The first-order chi connectivity index (χ1) is 14.2. The molecule has 2 N–H and O–H groups in total. The van der Waals surface area contributed by atoms with Gasteiger partial charge >= 0.3 is 0 Å². The molecule has 4 rings (SSSR count). The number of nitrogens with zero attached hydrogens (tertiary/aromatic N) is 3. The van der Waals surface area contributed by atoms with Crippen molar-refractivity contribution in [3.63, 3.8) is 0 Å². The van der Waals surface area contributed by atoms with Crippen molar-refractivity contribution < 1.29 is 9.90 Å². The zero-order valence-corrected chi connectivity index (χ0v) is 16.6. The first-order valence-electron chi connectivity index (χ1n) is 10.3. The maximum atomic E-state index is 12.9. The molecule has 1 atom stereocenters. The Morgan fingerprint density at radius 1 is 1.14 bits per heavy atom. The lowest BCUT2D eigenvalue weighted by molar-refractivity contribution is -0.156. The lowest BCUT2D eigenvalue weighted by Gasteiger charge is -2.38. The minimum Gasteiger partial charge on any atom is -0.379 e. The summed E-state index contributed by atoms with van der Waals surface area (Å²) >= 11 is 0. The molecule has 0 radical (unpaired) electrons. The molecule has 1 amide bonds. The predicted octanol–water partition coefficient (Wildman–Crippen LogP) is 2.41. The SMILES string of the molecule is O=C1N(CCCc2ccccc2)CCCC1(O)CNCc1cnc2ccccn12. The van der Waals surface area contributed by atoms with Crippen molar-refractivity contribution in [3.8, 4) is 0 Å². The van der Waals surface area contributed by atoms with E-state index in [1.807, 2.05) is 58.1 Å².